The lowest BCUT2D eigenvalue weighted by Gasteiger charge is -2.26. The van der Waals surface area contributed by atoms with Gasteiger partial charge in [0.25, 0.3) is 5.91 Å². The van der Waals surface area contributed by atoms with Gasteiger partial charge in [-0.2, -0.15) is 0 Å². The highest BCUT2D eigenvalue weighted by atomic mass is 35.5. The Bertz CT molecular complexity index is 1220. The van der Waals surface area contributed by atoms with Crippen molar-refractivity contribution in [3.63, 3.8) is 0 Å². The highest BCUT2D eigenvalue weighted by Crippen LogP contribution is 2.27. The standard InChI is InChI=1S/C28H32Cl2N4O3/c1-18-5-8-22(15-19(18)2)37-26-10-6-20(27(35)31-11-14-34-12-3-4-13-34)16-25(26)33-28(36)32-24-9-7-21(29)17-23(24)30/h5-9,15-17,26H,3-4,10-14H2,1-2H3,(H,31,35)(H2,32,33,36). The maximum atomic E-state index is 12.9. The molecule has 1 atom stereocenters. The van der Waals surface area contributed by atoms with E-state index in [1.807, 2.05) is 38.1 Å². The fourth-order valence-corrected chi connectivity index (χ4v) is 4.79. The summed E-state index contributed by atoms with van der Waals surface area (Å²) in [6.07, 6.45) is 5.88. The first-order valence-electron chi connectivity index (χ1n) is 12.5. The monoisotopic (exact) mass is 542 g/mol. The maximum absolute atomic E-state index is 12.9. The van der Waals surface area contributed by atoms with Crippen LogP contribution in [0.5, 0.6) is 5.75 Å². The first-order valence-corrected chi connectivity index (χ1v) is 13.2. The number of halogens is 2. The molecule has 7 nitrogen and oxygen atoms in total. The Labute approximate surface area is 227 Å². The molecule has 4 rings (SSSR count). The second-order valence-corrected chi connectivity index (χ2v) is 10.2. The average Bonchev–Trinajstić information content (AvgIpc) is 3.38. The zero-order chi connectivity index (χ0) is 26.4. The number of nitrogens with one attached hydrogen (secondary N) is 3. The van der Waals surface area contributed by atoms with E-state index in [9.17, 15) is 9.59 Å². The van der Waals surface area contributed by atoms with Crippen LogP contribution < -0.4 is 20.7 Å². The minimum absolute atomic E-state index is 0.177. The number of hydrogen-bond donors (Lipinski definition) is 3. The van der Waals surface area contributed by atoms with Crippen molar-refractivity contribution in [2.75, 3.05) is 31.5 Å². The van der Waals surface area contributed by atoms with Crippen molar-refractivity contribution in [2.24, 2.45) is 0 Å². The van der Waals surface area contributed by atoms with Crippen molar-refractivity contribution in [1.82, 2.24) is 15.5 Å². The van der Waals surface area contributed by atoms with Crippen LogP contribution in [0.3, 0.4) is 0 Å². The van der Waals surface area contributed by atoms with E-state index in [0.29, 0.717) is 45.7 Å². The Balaban J connectivity index is 1.46. The number of rotatable bonds is 8. The Morgan fingerprint density at radius 2 is 1.81 bits per heavy atom. The molecule has 3 amide bonds. The minimum Gasteiger partial charge on any atom is -0.484 e. The fraction of sp³-hybridized carbons (Fsp3) is 0.357. The first kappa shape index (κ1) is 27.0. The number of amides is 3. The first-order chi connectivity index (χ1) is 17.8. The lowest BCUT2D eigenvalue weighted by atomic mass is 10.0. The van der Waals surface area contributed by atoms with Crippen LogP contribution in [0, 0.1) is 13.8 Å². The van der Waals surface area contributed by atoms with Crippen LogP contribution >= 0.6 is 23.2 Å². The summed E-state index contributed by atoms with van der Waals surface area (Å²) in [6.45, 7) is 7.62. The van der Waals surface area contributed by atoms with Gasteiger partial charge in [0.15, 0.2) is 0 Å². The smallest absolute Gasteiger partial charge is 0.323 e. The second kappa shape index (κ2) is 12.5. The van der Waals surface area contributed by atoms with E-state index in [4.69, 9.17) is 27.9 Å². The third-order valence-corrected chi connectivity index (χ3v) is 7.13. The van der Waals surface area contributed by atoms with E-state index in [1.165, 1.54) is 12.8 Å². The molecule has 1 saturated heterocycles. The summed E-state index contributed by atoms with van der Waals surface area (Å²) in [6, 6.07) is 10.2. The Morgan fingerprint density at radius 3 is 2.54 bits per heavy atom. The Kier molecular flexibility index (Phi) is 9.14. The molecule has 1 aliphatic heterocycles. The van der Waals surface area contributed by atoms with E-state index in [1.54, 1.807) is 24.3 Å². The number of nitrogens with zero attached hydrogens (tertiary/aromatic N) is 1. The molecule has 1 aliphatic carbocycles. The molecule has 196 valence electrons. The summed E-state index contributed by atoms with van der Waals surface area (Å²) in [4.78, 5) is 28.1. The van der Waals surface area contributed by atoms with Crippen LogP contribution in [0.15, 0.2) is 59.8 Å². The van der Waals surface area contributed by atoms with Crippen molar-refractivity contribution in [3.05, 3.63) is 81.0 Å². The quantitative estimate of drug-likeness (QED) is 0.405. The van der Waals surface area contributed by atoms with Gasteiger partial charge in [0.05, 0.1) is 16.4 Å². The Hall–Kier alpha value is -3.00. The van der Waals surface area contributed by atoms with Crippen molar-refractivity contribution >= 4 is 40.8 Å². The lowest BCUT2D eigenvalue weighted by Crippen LogP contribution is -2.38. The predicted molar refractivity (Wildman–Crippen MR) is 148 cm³/mol. The normalized spacial score (nSPS) is 17.6. The lowest BCUT2D eigenvalue weighted by molar-refractivity contribution is -0.117. The zero-order valence-corrected chi connectivity index (χ0v) is 22.6. The van der Waals surface area contributed by atoms with Gasteiger partial charge in [-0.15, -0.1) is 0 Å². The summed E-state index contributed by atoms with van der Waals surface area (Å²) >= 11 is 12.2. The van der Waals surface area contributed by atoms with Gasteiger partial charge >= 0.3 is 6.03 Å². The molecule has 0 aromatic heterocycles. The number of carbonyl (C=O) groups is 2. The molecule has 0 radical (unpaired) electrons. The largest absolute Gasteiger partial charge is 0.484 e. The molecule has 0 bridgehead atoms. The summed E-state index contributed by atoms with van der Waals surface area (Å²) in [5.74, 6) is 0.512. The molecule has 9 heteroatoms. The van der Waals surface area contributed by atoms with E-state index < -0.39 is 12.1 Å². The number of urea groups is 1. The van der Waals surface area contributed by atoms with E-state index in [-0.39, 0.29) is 5.91 Å². The van der Waals surface area contributed by atoms with Crippen molar-refractivity contribution in [3.8, 4) is 5.75 Å². The molecule has 2 aromatic carbocycles. The third kappa shape index (κ3) is 7.51. The van der Waals surface area contributed by atoms with Gasteiger partial charge in [-0.1, -0.05) is 35.3 Å². The van der Waals surface area contributed by atoms with Crippen LogP contribution in [-0.4, -0.2) is 49.1 Å². The zero-order valence-electron chi connectivity index (χ0n) is 21.1. The Morgan fingerprint density at radius 1 is 1.03 bits per heavy atom. The fourth-order valence-electron chi connectivity index (χ4n) is 4.33. The number of likely N-dealkylation sites (tertiary alicyclic amines) is 1. The number of benzene rings is 2. The highest BCUT2D eigenvalue weighted by Gasteiger charge is 2.25. The highest BCUT2D eigenvalue weighted by molar-refractivity contribution is 6.36. The maximum Gasteiger partial charge on any atom is 0.323 e. The number of anilines is 1. The van der Waals surface area contributed by atoms with Crippen molar-refractivity contribution < 1.29 is 14.3 Å². The van der Waals surface area contributed by atoms with Gasteiger partial charge in [-0.05, 0) is 87.3 Å². The number of hydrogen-bond acceptors (Lipinski definition) is 4. The summed E-state index contributed by atoms with van der Waals surface area (Å²) in [5.41, 5.74) is 3.66. The molecule has 3 N–H and O–H groups in total. The second-order valence-electron chi connectivity index (χ2n) is 9.36. The van der Waals surface area contributed by atoms with Gasteiger partial charge in [-0.3, -0.25) is 4.79 Å². The van der Waals surface area contributed by atoms with Crippen LogP contribution in [-0.2, 0) is 4.79 Å². The molecule has 2 aromatic rings. The molecule has 1 unspecified atom stereocenters. The van der Waals surface area contributed by atoms with Gasteiger partial charge in [0, 0.05) is 30.1 Å². The molecule has 37 heavy (non-hydrogen) atoms. The third-order valence-electron chi connectivity index (χ3n) is 6.58. The van der Waals surface area contributed by atoms with Gasteiger partial charge < -0.3 is 25.6 Å². The van der Waals surface area contributed by atoms with E-state index >= 15 is 0 Å². The van der Waals surface area contributed by atoms with Gasteiger partial charge in [-0.25, -0.2) is 4.79 Å². The molecule has 1 fully saturated rings. The number of ether oxygens (including phenoxy) is 1. The molecule has 2 aliphatic rings. The van der Waals surface area contributed by atoms with Crippen LogP contribution in [0.1, 0.15) is 30.4 Å². The molecule has 0 spiro atoms. The molecule has 1 heterocycles. The van der Waals surface area contributed by atoms with Crippen molar-refractivity contribution in [2.45, 2.75) is 39.2 Å². The molecular formula is C28H32Cl2N4O3. The van der Waals surface area contributed by atoms with Crippen LogP contribution in [0.25, 0.3) is 0 Å². The van der Waals surface area contributed by atoms with Crippen LogP contribution in [0.4, 0.5) is 10.5 Å². The molecular weight excluding hydrogens is 511 g/mol. The topological polar surface area (TPSA) is 82.7 Å². The number of carbonyl (C=O) groups excluding carboxylic acids is 2. The van der Waals surface area contributed by atoms with E-state index in [0.717, 1.165) is 30.8 Å². The number of aryl methyl sites for hydroxylation is 2. The van der Waals surface area contributed by atoms with Crippen molar-refractivity contribution in [1.29, 1.82) is 0 Å². The summed E-state index contributed by atoms with van der Waals surface area (Å²) < 4.78 is 6.23. The van der Waals surface area contributed by atoms with E-state index in [2.05, 4.69) is 20.9 Å². The predicted octanol–water partition coefficient (Wildman–Crippen LogP) is 5.61. The van der Waals surface area contributed by atoms with Gasteiger partial charge in [0.1, 0.15) is 11.9 Å². The van der Waals surface area contributed by atoms with Gasteiger partial charge in [0.2, 0.25) is 0 Å². The summed E-state index contributed by atoms with van der Waals surface area (Å²) in [7, 11) is 0. The minimum atomic E-state index is -0.500. The van der Waals surface area contributed by atoms with Crippen LogP contribution in [0.2, 0.25) is 10.0 Å². The average molecular weight is 543 g/mol. The summed E-state index contributed by atoms with van der Waals surface area (Å²) in [5, 5.41) is 9.37. The molecule has 0 saturated carbocycles. The SMILES string of the molecule is Cc1ccc(OC2CC=C(C(=O)NCCN3CCCC3)C=C2NC(=O)Nc2ccc(Cl)cc2Cl)cc1C.